The first kappa shape index (κ1) is 20.3. The summed E-state index contributed by atoms with van der Waals surface area (Å²) in [5, 5.41) is 6.44. The molecule has 4 saturated carbocycles. The zero-order valence-electron chi connectivity index (χ0n) is 17.8. The van der Waals surface area contributed by atoms with Crippen LogP contribution in [-0.4, -0.2) is 24.8 Å². The van der Waals surface area contributed by atoms with Crippen molar-refractivity contribution in [2.24, 2.45) is 23.2 Å². The highest BCUT2D eigenvalue weighted by molar-refractivity contribution is 6.01. The third-order valence-corrected chi connectivity index (χ3v) is 7.07. The molecule has 0 aliphatic heterocycles. The van der Waals surface area contributed by atoms with Crippen LogP contribution in [0.3, 0.4) is 0 Å². The van der Waals surface area contributed by atoms with E-state index in [1.165, 1.54) is 38.5 Å². The zero-order chi connectivity index (χ0) is 20.4. The largest absolute Gasteiger partial charge is 0.322 e. The number of carbonyl (C=O) groups excluding carboxylic acids is 2. The molecule has 0 atom stereocenters. The second-order valence-electron chi connectivity index (χ2n) is 10.1. The smallest absolute Gasteiger partial charge is 0.248 e. The van der Waals surface area contributed by atoms with Crippen LogP contribution in [0.1, 0.15) is 69.2 Å². The first-order chi connectivity index (χ1) is 13.9. The Morgan fingerprint density at radius 1 is 1.07 bits per heavy atom. The van der Waals surface area contributed by atoms with Gasteiger partial charge in [-0.1, -0.05) is 17.7 Å². The summed E-state index contributed by atoms with van der Waals surface area (Å²) in [7, 11) is 0. The number of carbonyl (C=O) groups is 2. The Bertz CT molecular complexity index is 772. The van der Waals surface area contributed by atoms with Crippen molar-refractivity contribution < 1.29 is 9.59 Å². The van der Waals surface area contributed by atoms with Gasteiger partial charge in [-0.2, -0.15) is 0 Å². The lowest BCUT2D eigenvalue weighted by Crippen LogP contribution is -2.50. The molecule has 4 heteroatoms. The number of allylic oxidation sites excluding steroid dienone is 1. The van der Waals surface area contributed by atoms with Crippen LogP contribution >= 0.6 is 0 Å². The Morgan fingerprint density at radius 3 is 2.34 bits per heavy atom. The number of ketones is 1. The molecule has 4 aliphatic carbocycles. The molecule has 5 rings (SSSR count). The molecule has 0 saturated heterocycles. The van der Waals surface area contributed by atoms with Gasteiger partial charge >= 0.3 is 0 Å². The number of hydrogen-bond donors (Lipinski definition) is 2. The van der Waals surface area contributed by atoms with E-state index in [4.69, 9.17) is 0 Å². The van der Waals surface area contributed by atoms with Crippen molar-refractivity contribution >= 4 is 17.4 Å². The third kappa shape index (κ3) is 4.98. The summed E-state index contributed by atoms with van der Waals surface area (Å²) in [6.45, 7) is 5.57. The van der Waals surface area contributed by atoms with E-state index in [0.29, 0.717) is 23.1 Å². The van der Waals surface area contributed by atoms with Crippen LogP contribution in [0.4, 0.5) is 5.69 Å². The normalized spacial score (nSPS) is 29.5. The molecule has 29 heavy (non-hydrogen) atoms. The summed E-state index contributed by atoms with van der Waals surface area (Å²) in [5.74, 6) is 2.87. The van der Waals surface area contributed by atoms with E-state index >= 15 is 0 Å². The molecule has 156 valence electrons. The summed E-state index contributed by atoms with van der Waals surface area (Å²) in [5.41, 5.74) is 2.78. The van der Waals surface area contributed by atoms with E-state index in [0.717, 1.165) is 36.4 Å². The summed E-state index contributed by atoms with van der Waals surface area (Å²) >= 11 is 0. The van der Waals surface area contributed by atoms with E-state index in [2.05, 4.69) is 10.6 Å². The second-order valence-corrected chi connectivity index (χ2v) is 10.1. The number of rotatable bonds is 8. The summed E-state index contributed by atoms with van der Waals surface area (Å²) in [6, 6.07) is 7.25. The van der Waals surface area contributed by atoms with Gasteiger partial charge in [0.25, 0.3) is 0 Å². The van der Waals surface area contributed by atoms with Crippen LogP contribution in [0.5, 0.6) is 0 Å². The average molecular weight is 395 g/mol. The van der Waals surface area contributed by atoms with Crippen molar-refractivity contribution in [1.82, 2.24) is 5.32 Å². The molecule has 1 aromatic carbocycles. The summed E-state index contributed by atoms with van der Waals surface area (Å²) in [4.78, 5) is 24.5. The molecule has 2 N–H and O–H groups in total. The first-order valence-electron chi connectivity index (χ1n) is 11.2. The Kier molecular flexibility index (Phi) is 5.91. The summed E-state index contributed by atoms with van der Waals surface area (Å²) < 4.78 is 0. The highest BCUT2D eigenvalue weighted by Gasteiger charge is 2.50. The third-order valence-electron chi connectivity index (χ3n) is 7.07. The highest BCUT2D eigenvalue weighted by atomic mass is 16.1. The molecule has 1 aromatic rings. The molecule has 4 bridgehead atoms. The molecular formula is C25H34N2O2. The topological polar surface area (TPSA) is 58.2 Å². The lowest BCUT2D eigenvalue weighted by atomic mass is 9.49. The van der Waals surface area contributed by atoms with E-state index in [1.54, 1.807) is 12.1 Å². The molecule has 0 spiro atoms. The maximum absolute atomic E-state index is 12.6. The predicted octanol–water partition coefficient (Wildman–Crippen LogP) is 4.97. The first-order valence-corrected chi connectivity index (χ1v) is 11.2. The number of hydrogen-bond acceptors (Lipinski definition) is 3. The quantitative estimate of drug-likeness (QED) is 0.372. The van der Waals surface area contributed by atoms with Gasteiger partial charge in [-0.05, 0) is 87.7 Å². The van der Waals surface area contributed by atoms with Gasteiger partial charge in [-0.15, -0.1) is 0 Å². The van der Waals surface area contributed by atoms with Crippen LogP contribution in [0.2, 0.25) is 0 Å². The highest BCUT2D eigenvalue weighted by Crippen LogP contribution is 2.59. The molecule has 0 heterocycles. The van der Waals surface area contributed by atoms with E-state index in [-0.39, 0.29) is 11.7 Å². The minimum Gasteiger partial charge on any atom is -0.322 e. The number of anilines is 1. The molecule has 4 nitrogen and oxygen atoms in total. The van der Waals surface area contributed by atoms with Gasteiger partial charge in [-0.25, -0.2) is 0 Å². The van der Waals surface area contributed by atoms with Crippen molar-refractivity contribution in [2.45, 2.75) is 58.8 Å². The Morgan fingerprint density at radius 2 is 1.72 bits per heavy atom. The SMILES string of the molecule is CC(C)=CC(=O)Nc1cccc(C(=O)CCNCC23CC4CC(CC(C4)C2)C3)c1. The van der Waals surface area contributed by atoms with Gasteiger partial charge in [-0.3, -0.25) is 9.59 Å². The molecule has 4 aliphatic rings. The van der Waals surface area contributed by atoms with E-state index in [1.807, 2.05) is 32.0 Å². The number of benzene rings is 1. The molecule has 0 unspecified atom stereocenters. The summed E-state index contributed by atoms with van der Waals surface area (Å²) in [6.07, 6.45) is 10.7. The fourth-order valence-electron chi connectivity index (χ4n) is 6.42. The Labute approximate surface area is 174 Å². The van der Waals surface area contributed by atoms with Gasteiger partial charge in [0.2, 0.25) is 5.91 Å². The van der Waals surface area contributed by atoms with Crippen molar-refractivity contribution in [3.05, 3.63) is 41.5 Å². The number of Topliss-reactive ketones (excluding diaryl/α,β-unsaturated/α-hetero) is 1. The van der Waals surface area contributed by atoms with Crippen LogP contribution in [0, 0.1) is 23.2 Å². The van der Waals surface area contributed by atoms with Crippen LogP contribution in [0.15, 0.2) is 35.9 Å². The molecule has 4 fully saturated rings. The van der Waals surface area contributed by atoms with Crippen molar-refractivity contribution in [1.29, 1.82) is 0 Å². The second kappa shape index (κ2) is 8.43. The lowest BCUT2D eigenvalue weighted by Gasteiger charge is -2.57. The fourth-order valence-corrected chi connectivity index (χ4v) is 6.42. The zero-order valence-corrected chi connectivity index (χ0v) is 17.8. The van der Waals surface area contributed by atoms with E-state index < -0.39 is 0 Å². The minimum atomic E-state index is -0.160. The predicted molar refractivity (Wildman–Crippen MR) is 117 cm³/mol. The monoisotopic (exact) mass is 394 g/mol. The minimum absolute atomic E-state index is 0.126. The Hall–Kier alpha value is -1.94. The maximum Gasteiger partial charge on any atom is 0.248 e. The van der Waals surface area contributed by atoms with Gasteiger partial charge in [0.15, 0.2) is 5.78 Å². The molecule has 0 radical (unpaired) electrons. The Balaban J connectivity index is 1.25. The molecule has 0 aromatic heterocycles. The van der Waals surface area contributed by atoms with Gasteiger partial charge in [0.05, 0.1) is 0 Å². The molecular weight excluding hydrogens is 360 g/mol. The van der Waals surface area contributed by atoms with Gasteiger partial charge in [0, 0.05) is 36.8 Å². The number of nitrogens with one attached hydrogen (secondary N) is 2. The standard InChI is InChI=1S/C25H34N2O2/c1-17(2)8-24(29)27-22-5-3-4-21(12-22)23(28)6-7-26-16-25-13-18-9-19(14-25)11-20(10-18)15-25/h3-5,8,12,18-20,26H,6-7,9-11,13-16H2,1-2H3,(H,27,29). The van der Waals surface area contributed by atoms with Crippen molar-refractivity contribution in [3.63, 3.8) is 0 Å². The molecule has 1 amide bonds. The van der Waals surface area contributed by atoms with Crippen molar-refractivity contribution in [2.75, 3.05) is 18.4 Å². The average Bonchev–Trinajstić information content (AvgIpc) is 2.63. The van der Waals surface area contributed by atoms with Crippen LogP contribution in [-0.2, 0) is 4.79 Å². The van der Waals surface area contributed by atoms with Gasteiger partial charge < -0.3 is 10.6 Å². The lowest BCUT2D eigenvalue weighted by molar-refractivity contribution is -0.111. The van der Waals surface area contributed by atoms with Crippen LogP contribution in [0.25, 0.3) is 0 Å². The van der Waals surface area contributed by atoms with Gasteiger partial charge in [0.1, 0.15) is 0 Å². The number of amides is 1. The van der Waals surface area contributed by atoms with Crippen molar-refractivity contribution in [3.8, 4) is 0 Å². The fraction of sp³-hybridized carbons (Fsp3) is 0.600. The maximum atomic E-state index is 12.6. The van der Waals surface area contributed by atoms with E-state index in [9.17, 15) is 9.59 Å². The van der Waals surface area contributed by atoms with Crippen LogP contribution < -0.4 is 10.6 Å².